The average molecular weight is 315 g/mol. The van der Waals surface area contributed by atoms with E-state index in [9.17, 15) is 4.79 Å². The molecule has 2 fully saturated rings. The van der Waals surface area contributed by atoms with Crippen molar-refractivity contribution >= 4 is 33.2 Å². The number of fused-ring (bicyclic) bond motifs is 1. The van der Waals surface area contributed by atoms with E-state index in [0.29, 0.717) is 17.9 Å². The molecule has 3 rings (SSSR count). The minimum absolute atomic E-state index is 0.197. The van der Waals surface area contributed by atoms with Gasteiger partial charge >= 0.3 is 0 Å². The van der Waals surface area contributed by atoms with Crippen LogP contribution in [0.3, 0.4) is 0 Å². The van der Waals surface area contributed by atoms with Gasteiger partial charge in [0.2, 0.25) is 0 Å². The molecule has 17 heavy (non-hydrogen) atoms. The van der Waals surface area contributed by atoms with Gasteiger partial charge in [-0.2, -0.15) is 0 Å². The van der Waals surface area contributed by atoms with Crippen LogP contribution in [0.2, 0.25) is 0 Å². The first kappa shape index (κ1) is 11.7. The van der Waals surface area contributed by atoms with E-state index in [-0.39, 0.29) is 5.91 Å². The molecular weight excluding hydrogens is 300 g/mol. The summed E-state index contributed by atoms with van der Waals surface area (Å²) < 4.78 is 1.02. The largest absolute Gasteiger partial charge is 0.335 e. The van der Waals surface area contributed by atoms with Crippen LogP contribution in [0, 0.1) is 11.8 Å². The van der Waals surface area contributed by atoms with Gasteiger partial charge in [-0.1, -0.05) is 0 Å². The molecule has 0 aliphatic carbocycles. The van der Waals surface area contributed by atoms with Crippen molar-refractivity contribution in [3.8, 4) is 0 Å². The second-order valence-corrected chi connectivity index (χ2v) is 7.35. The Labute approximate surface area is 113 Å². The Morgan fingerprint density at radius 1 is 1.53 bits per heavy atom. The van der Waals surface area contributed by atoms with Crippen LogP contribution in [0.15, 0.2) is 15.9 Å². The van der Waals surface area contributed by atoms with E-state index in [1.807, 2.05) is 12.1 Å². The third-order valence-corrected chi connectivity index (χ3v) is 5.59. The first-order valence-electron chi connectivity index (χ1n) is 5.94. The maximum absolute atomic E-state index is 12.4. The zero-order valence-corrected chi connectivity index (χ0v) is 12.1. The van der Waals surface area contributed by atoms with Gasteiger partial charge in [-0.25, -0.2) is 0 Å². The molecule has 3 heterocycles. The number of thiophene rings is 1. The van der Waals surface area contributed by atoms with E-state index >= 15 is 0 Å². The number of amides is 1. The van der Waals surface area contributed by atoms with Crippen LogP contribution in [-0.4, -0.2) is 36.5 Å². The predicted octanol–water partition coefficient (Wildman–Crippen LogP) is 2.19. The normalized spacial score (nSPS) is 31.9. The minimum atomic E-state index is 0.197. The highest BCUT2D eigenvalue weighted by molar-refractivity contribution is 9.11. The maximum atomic E-state index is 12.4. The molecule has 0 aromatic carbocycles. The molecule has 3 atom stereocenters. The Balaban J connectivity index is 1.79. The molecule has 2 saturated heterocycles. The van der Waals surface area contributed by atoms with Crippen LogP contribution in [0.4, 0.5) is 0 Å². The van der Waals surface area contributed by atoms with Gasteiger partial charge in [0.1, 0.15) is 0 Å². The van der Waals surface area contributed by atoms with E-state index in [1.165, 1.54) is 11.3 Å². The van der Waals surface area contributed by atoms with Crippen LogP contribution in [0.25, 0.3) is 0 Å². The molecule has 2 aliphatic rings. The first-order valence-corrected chi connectivity index (χ1v) is 7.55. The van der Waals surface area contributed by atoms with Crippen molar-refractivity contribution in [2.24, 2.45) is 11.8 Å². The Bertz CT molecular complexity index is 447. The molecule has 0 spiro atoms. The van der Waals surface area contributed by atoms with Gasteiger partial charge in [0, 0.05) is 25.7 Å². The zero-order chi connectivity index (χ0) is 12.0. The zero-order valence-electron chi connectivity index (χ0n) is 9.65. The fraction of sp³-hybridized carbons (Fsp3) is 0.583. The summed E-state index contributed by atoms with van der Waals surface area (Å²) in [4.78, 5) is 15.3. The van der Waals surface area contributed by atoms with Gasteiger partial charge < -0.3 is 10.2 Å². The van der Waals surface area contributed by atoms with E-state index in [4.69, 9.17) is 0 Å². The molecule has 1 aromatic heterocycles. The minimum Gasteiger partial charge on any atom is -0.335 e. The molecule has 1 N–H and O–H groups in total. The summed E-state index contributed by atoms with van der Waals surface area (Å²) in [5.41, 5.74) is 0. The molecule has 0 bridgehead atoms. The number of carbonyl (C=O) groups excluding carboxylic acids is 1. The van der Waals surface area contributed by atoms with E-state index in [2.05, 4.69) is 33.1 Å². The Morgan fingerprint density at radius 2 is 2.35 bits per heavy atom. The van der Waals surface area contributed by atoms with Gasteiger partial charge in [-0.15, -0.1) is 11.3 Å². The van der Waals surface area contributed by atoms with Gasteiger partial charge in [-0.3, -0.25) is 4.79 Å². The molecule has 1 amide bonds. The summed E-state index contributed by atoms with van der Waals surface area (Å²) in [6.45, 7) is 5.21. The maximum Gasteiger partial charge on any atom is 0.264 e. The third-order valence-electron chi connectivity index (χ3n) is 3.98. The molecule has 0 radical (unpaired) electrons. The standard InChI is InChI=1S/C12H15BrN2OS/c1-7-9-5-14-4-8(9)6-15(7)12(16)10-2-3-11(13)17-10/h2-3,7-9,14H,4-6H2,1H3. The molecule has 92 valence electrons. The number of halogens is 1. The lowest BCUT2D eigenvalue weighted by Crippen LogP contribution is -2.37. The van der Waals surface area contributed by atoms with Gasteiger partial charge in [0.05, 0.1) is 8.66 Å². The van der Waals surface area contributed by atoms with Crippen LogP contribution in [0.5, 0.6) is 0 Å². The number of carbonyl (C=O) groups is 1. The number of hydrogen-bond acceptors (Lipinski definition) is 3. The Kier molecular flexibility index (Phi) is 3.00. The number of likely N-dealkylation sites (tertiary alicyclic amines) is 1. The lowest BCUT2D eigenvalue weighted by atomic mass is 9.95. The Morgan fingerprint density at radius 3 is 3.00 bits per heavy atom. The van der Waals surface area contributed by atoms with E-state index in [1.54, 1.807) is 0 Å². The quantitative estimate of drug-likeness (QED) is 0.862. The summed E-state index contributed by atoms with van der Waals surface area (Å²) >= 11 is 4.93. The van der Waals surface area contributed by atoms with E-state index in [0.717, 1.165) is 28.3 Å². The van der Waals surface area contributed by atoms with Gasteiger partial charge in [0.25, 0.3) is 5.91 Å². The molecular formula is C12H15BrN2OS. The van der Waals surface area contributed by atoms with Gasteiger partial charge in [0.15, 0.2) is 0 Å². The van der Waals surface area contributed by atoms with Gasteiger partial charge in [-0.05, 0) is 46.8 Å². The number of nitrogens with zero attached hydrogens (tertiary/aromatic N) is 1. The fourth-order valence-corrected chi connectivity index (χ4v) is 4.35. The summed E-state index contributed by atoms with van der Waals surface area (Å²) in [5, 5.41) is 3.42. The van der Waals surface area contributed by atoms with Crippen molar-refractivity contribution in [1.29, 1.82) is 0 Å². The SMILES string of the molecule is CC1C2CNCC2CN1C(=O)c1ccc(Br)s1. The second-order valence-electron chi connectivity index (χ2n) is 4.88. The molecule has 1 aromatic rings. The molecule has 2 aliphatic heterocycles. The first-order chi connectivity index (χ1) is 8.16. The van der Waals surface area contributed by atoms with Crippen molar-refractivity contribution < 1.29 is 4.79 Å². The average Bonchev–Trinajstić information content (AvgIpc) is 2.96. The topological polar surface area (TPSA) is 32.3 Å². The lowest BCUT2D eigenvalue weighted by Gasteiger charge is -2.23. The highest BCUT2D eigenvalue weighted by Gasteiger charge is 2.43. The van der Waals surface area contributed by atoms with Crippen LogP contribution >= 0.6 is 27.3 Å². The monoisotopic (exact) mass is 314 g/mol. The van der Waals surface area contributed by atoms with Crippen molar-refractivity contribution in [3.05, 3.63) is 20.8 Å². The summed E-state index contributed by atoms with van der Waals surface area (Å²) in [7, 11) is 0. The highest BCUT2D eigenvalue weighted by atomic mass is 79.9. The Hall–Kier alpha value is -0.390. The van der Waals surface area contributed by atoms with Crippen LogP contribution in [-0.2, 0) is 0 Å². The highest BCUT2D eigenvalue weighted by Crippen LogP contribution is 2.34. The van der Waals surface area contributed by atoms with Crippen LogP contribution < -0.4 is 5.32 Å². The summed E-state index contributed by atoms with van der Waals surface area (Å²) in [6, 6.07) is 4.22. The molecule has 3 unspecified atom stereocenters. The molecule has 5 heteroatoms. The summed E-state index contributed by atoms with van der Waals surface area (Å²) in [5.74, 6) is 1.49. The molecule has 0 saturated carbocycles. The second kappa shape index (κ2) is 4.37. The van der Waals surface area contributed by atoms with Crippen LogP contribution in [0.1, 0.15) is 16.6 Å². The third kappa shape index (κ3) is 1.94. The van der Waals surface area contributed by atoms with Crippen molar-refractivity contribution in [2.45, 2.75) is 13.0 Å². The number of hydrogen-bond donors (Lipinski definition) is 1. The molecule has 3 nitrogen and oxygen atoms in total. The predicted molar refractivity (Wildman–Crippen MR) is 72.4 cm³/mol. The van der Waals surface area contributed by atoms with Crippen molar-refractivity contribution in [3.63, 3.8) is 0 Å². The lowest BCUT2D eigenvalue weighted by molar-refractivity contribution is 0.0733. The number of rotatable bonds is 1. The van der Waals surface area contributed by atoms with Crippen molar-refractivity contribution in [1.82, 2.24) is 10.2 Å². The number of nitrogens with one attached hydrogen (secondary N) is 1. The van der Waals surface area contributed by atoms with E-state index < -0.39 is 0 Å². The van der Waals surface area contributed by atoms with Crippen molar-refractivity contribution in [2.75, 3.05) is 19.6 Å². The smallest absolute Gasteiger partial charge is 0.264 e. The summed E-state index contributed by atoms with van der Waals surface area (Å²) in [6.07, 6.45) is 0. The fourth-order valence-electron chi connectivity index (χ4n) is 3.01.